The summed E-state index contributed by atoms with van der Waals surface area (Å²) in [6, 6.07) is 0. The lowest BCUT2D eigenvalue weighted by Crippen LogP contribution is -1.55. The van der Waals surface area contributed by atoms with E-state index >= 15 is 0 Å². The van der Waals surface area contributed by atoms with Gasteiger partial charge < -0.3 is 4.74 Å². The van der Waals surface area contributed by atoms with Gasteiger partial charge in [0, 0.05) is 18.8 Å². The molecular weight excluding hydrogens is 190 g/mol. The van der Waals surface area contributed by atoms with Gasteiger partial charge in [0.25, 0.3) is 0 Å². The Morgan fingerprint density at radius 1 is 1.22 bits per heavy atom. The summed E-state index contributed by atoms with van der Waals surface area (Å²) in [5, 5.41) is 0. The highest BCUT2D eigenvalue weighted by Gasteiger charge is 1.93. The Bertz CT molecular complexity index is 47.8. The quantitative estimate of drug-likeness (QED) is 0.565. The molecule has 2 N–H and O–H groups in total. The molecule has 0 aliphatic rings. The molecule has 0 aliphatic heterocycles. The minimum Gasteiger partial charge on any atom is -0.388 e. The van der Waals surface area contributed by atoms with Gasteiger partial charge in [0.1, 0.15) is 0 Å². The third-order valence-corrected chi connectivity index (χ3v) is 0. The molecule has 9 heavy (non-hydrogen) atoms. The first kappa shape index (κ1) is 22.7. The standard InChI is InChI=1S/C2H6O.2ClH.HO3P/c1-3-2;;;1-4(2)3/h1-2H3;2*1H;(H-,1,2,3)/p+1. The van der Waals surface area contributed by atoms with E-state index in [0.717, 1.165) is 0 Å². The second kappa shape index (κ2) is 23.5. The molecule has 60 valence electrons. The van der Waals surface area contributed by atoms with Gasteiger partial charge in [-0.15, -0.1) is 34.6 Å². The van der Waals surface area contributed by atoms with Crippen molar-refractivity contribution in [2.75, 3.05) is 14.2 Å². The summed E-state index contributed by atoms with van der Waals surface area (Å²) in [4.78, 5) is 14.2. The molecule has 0 saturated carbocycles. The minimum atomic E-state index is -2.87. The van der Waals surface area contributed by atoms with Crippen LogP contribution in [0.5, 0.6) is 0 Å². The van der Waals surface area contributed by atoms with Crippen molar-refractivity contribution in [3.05, 3.63) is 0 Å². The van der Waals surface area contributed by atoms with Crippen molar-refractivity contribution in [2.45, 2.75) is 0 Å². The van der Waals surface area contributed by atoms with Crippen LogP contribution >= 0.6 is 33.1 Å². The summed E-state index contributed by atoms with van der Waals surface area (Å²) < 4.78 is 13.0. The van der Waals surface area contributed by atoms with Crippen LogP contribution in [-0.4, -0.2) is 24.0 Å². The lowest BCUT2D eigenvalue weighted by Gasteiger charge is -1.61. The van der Waals surface area contributed by atoms with Crippen molar-refractivity contribution in [3.63, 3.8) is 0 Å². The van der Waals surface area contributed by atoms with Crippen LogP contribution in [0.25, 0.3) is 0 Å². The maximum atomic E-state index is 8.70. The van der Waals surface area contributed by atoms with E-state index in [1.54, 1.807) is 14.2 Å². The molecule has 0 aromatic carbocycles. The summed E-state index contributed by atoms with van der Waals surface area (Å²) in [7, 11) is 0.380. The van der Waals surface area contributed by atoms with E-state index in [-0.39, 0.29) is 24.8 Å². The van der Waals surface area contributed by atoms with Gasteiger partial charge in [0.15, 0.2) is 0 Å². The van der Waals surface area contributed by atoms with Crippen molar-refractivity contribution < 1.29 is 19.1 Å². The second-order valence-electron chi connectivity index (χ2n) is 0.661. The zero-order valence-corrected chi connectivity index (χ0v) is 7.50. The van der Waals surface area contributed by atoms with Crippen LogP contribution < -0.4 is 0 Å². The highest BCUT2D eigenvalue weighted by molar-refractivity contribution is 7.30. The molecule has 0 aromatic heterocycles. The van der Waals surface area contributed by atoms with Crippen molar-refractivity contribution in [2.24, 2.45) is 0 Å². The molecule has 0 aromatic rings. The fourth-order valence-electron chi connectivity index (χ4n) is 0. The molecule has 0 rings (SSSR count). The van der Waals surface area contributed by atoms with Crippen molar-refractivity contribution in [3.8, 4) is 0 Å². The SMILES string of the molecule is COC.Cl.Cl.O=[P+](O)O. The third kappa shape index (κ3) is 1170. The number of halogens is 2. The summed E-state index contributed by atoms with van der Waals surface area (Å²) >= 11 is 0. The fraction of sp³-hybridized carbons (Fsp3) is 1.00. The summed E-state index contributed by atoms with van der Waals surface area (Å²) in [5.74, 6) is 0. The first-order valence-electron chi connectivity index (χ1n) is 1.40. The number of hydrogen-bond donors (Lipinski definition) is 2. The maximum Gasteiger partial charge on any atom is 0.692 e. The van der Waals surface area contributed by atoms with Crippen LogP contribution in [-0.2, 0) is 9.30 Å². The molecule has 0 fully saturated rings. The number of hydrogen-bond acceptors (Lipinski definition) is 2. The Morgan fingerprint density at radius 3 is 1.22 bits per heavy atom. The Labute approximate surface area is 67.0 Å². The van der Waals surface area contributed by atoms with Gasteiger partial charge in [0.05, 0.1) is 0 Å². The topological polar surface area (TPSA) is 66.8 Å². The van der Waals surface area contributed by atoms with Gasteiger partial charge in [0.2, 0.25) is 0 Å². The number of methoxy groups -OCH3 is 1. The molecule has 0 amide bonds. The van der Waals surface area contributed by atoms with Crippen LogP contribution in [0.2, 0.25) is 0 Å². The van der Waals surface area contributed by atoms with E-state index < -0.39 is 8.25 Å². The van der Waals surface area contributed by atoms with Gasteiger partial charge in [-0.25, -0.2) is 0 Å². The average Bonchev–Trinajstić information content (AvgIpc) is 1.33. The Hall–Kier alpha value is 0.560. The molecule has 0 spiro atoms. The Kier molecular flexibility index (Phi) is 59.2. The highest BCUT2D eigenvalue weighted by atomic mass is 35.5. The molecular formula is C2H10Cl2O4P+. The molecule has 4 nitrogen and oxygen atoms in total. The molecule has 0 aliphatic carbocycles. The second-order valence-corrected chi connectivity index (χ2v) is 1.17. The fourth-order valence-corrected chi connectivity index (χ4v) is 0. The lowest BCUT2D eigenvalue weighted by molar-refractivity contribution is 0.277. The van der Waals surface area contributed by atoms with E-state index in [0.29, 0.717) is 0 Å². The van der Waals surface area contributed by atoms with E-state index in [1.807, 2.05) is 0 Å². The zero-order chi connectivity index (χ0) is 6.28. The molecule has 0 saturated heterocycles. The van der Waals surface area contributed by atoms with E-state index in [1.165, 1.54) is 0 Å². The number of ether oxygens (including phenoxy) is 1. The van der Waals surface area contributed by atoms with Crippen LogP contribution in [0.1, 0.15) is 0 Å². The van der Waals surface area contributed by atoms with Crippen molar-refractivity contribution >= 4 is 33.1 Å². The van der Waals surface area contributed by atoms with Gasteiger partial charge in [-0.3, -0.25) is 0 Å². The van der Waals surface area contributed by atoms with E-state index in [4.69, 9.17) is 14.4 Å². The molecule has 0 heterocycles. The first-order valence-corrected chi connectivity index (χ1v) is 2.56. The lowest BCUT2D eigenvalue weighted by atomic mass is 11.6. The van der Waals surface area contributed by atoms with Crippen LogP contribution in [0, 0.1) is 0 Å². The van der Waals surface area contributed by atoms with Crippen molar-refractivity contribution in [1.82, 2.24) is 0 Å². The minimum absolute atomic E-state index is 0. The van der Waals surface area contributed by atoms with E-state index in [9.17, 15) is 0 Å². The van der Waals surface area contributed by atoms with Crippen LogP contribution in [0.3, 0.4) is 0 Å². The highest BCUT2D eigenvalue weighted by Crippen LogP contribution is 1.98. The van der Waals surface area contributed by atoms with Crippen molar-refractivity contribution in [1.29, 1.82) is 0 Å². The van der Waals surface area contributed by atoms with Crippen LogP contribution in [0.4, 0.5) is 0 Å². The molecule has 0 unspecified atom stereocenters. The Morgan fingerprint density at radius 2 is 1.22 bits per heavy atom. The monoisotopic (exact) mass is 199 g/mol. The van der Waals surface area contributed by atoms with Gasteiger partial charge in [-0.05, 0) is 0 Å². The molecule has 7 heteroatoms. The predicted octanol–water partition coefficient (Wildman–Crippen LogP) is 0.735. The molecule has 0 bridgehead atoms. The smallest absolute Gasteiger partial charge is 0.388 e. The summed E-state index contributed by atoms with van der Waals surface area (Å²) in [6.45, 7) is 0. The Balaban J connectivity index is -0.0000000233. The normalized spacial score (nSPS) is 4.89. The van der Waals surface area contributed by atoms with Crippen LogP contribution in [0.15, 0.2) is 0 Å². The van der Waals surface area contributed by atoms with Gasteiger partial charge >= 0.3 is 8.25 Å². The molecule has 0 atom stereocenters. The van der Waals surface area contributed by atoms with Gasteiger partial charge in [-0.1, -0.05) is 0 Å². The predicted molar refractivity (Wildman–Crippen MR) is 39.5 cm³/mol. The largest absolute Gasteiger partial charge is 0.692 e. The number of rotatable bonds is 0. The zero-order valence-electron chi connectivity index (χ0n) is 4.97. The maximum absolute atomic E-state index is 8.70. The first-order chi connectivity index (χ1) is 3.15. The van der Waals surface area contributed by atoms with Gasteiger partial charge in [-0.2, -0.15) is 0 Å². The summed E-state index contributed by atoms with van der Waals surface area (Å²) in [5.41, 5.74) is 0. The third-order valence-electron chi connectivity index (χ3n) is 0. The summed E-state index contributed by atoms with van der Waals surface area (Å²) in [6.07, 6.45) is 0. The van der Waals surface area contributed by atoms with E-state index in [2.05, 4.69) is 4.74 Å². The molecule has 0 radical (unpaired) electrons. The average molecular weight is 200 g/mol.